The van der Waals surface area contributed by atoms with Crippen molar-refractivity contribution in [2.45, 2.75) is 44.9 Å². The third-order valence-corrected chi connectivity index (χ3v) is 3.58. The van der Waals surface area contributed by atoms with Gasteiger partial charge in [-0.1, -0.05) is 32.1 Å². The largest absolute Gasteiger partial charge is 0.381 e. The van der Waals surface area contributed by atoms with Crippen molar-refractivity contribution in [2.75, 3.05) is 13.2 Å². The van der Waals surface area contributed by atoms with Gasteiger partial charge in [-0.05, 0) is 24.7 Å². The molecule has 12 heavy (non-hydrogen) atoms. The van der Waals surface area contributed by atoms with Gasteiger partial charge in [0.15, 0.2) is 0 Å². The van der Waals surface area contributed by atoms with Crippen LogP contribution in [0.2, 0.25) is 0 Å². The molecule has 2 aliphatic rings. The van der Waals surface area contributed by atoms with Crippen LogP contribution in [-0.4, -0.2) is 13.2 Å². The summed E-state index contributed by atoms with van der Waals surface area (Å²) in [6, 6.07) is 0. The van der Waals surface area contributed by atoms with Crippen molar-refractivity contribution >= 4 is 0 Å². The quantitative estimate of drug-likeness (QED) is 0.585. The van der Waals surface area contributed by atoms with Crippen molar-refractivity contribution in [3.05, 3.63) is 0 Å². The summed E-state index contributed by atoms with van der Waals surface area (Å²) < 4.78 is 5.39. The van der Waals surface area contributed by atoms with Gasteiger partial charge in [0.1, 0.15) is 0 Å². The standard InChI is InChI=1S/C11H20O/c1-2-4-10(5-3-1)11-6-8-12-9-7-11/h10-11H,1-9H2. The minimum Gasteiger partial charge on any atom is -0.381 e. The lowest BCUT2D eigenvalue weighted by Crippen LogP contribution is -2.24. The first-order valence-corrected chi connectivity index (χ1v) is 5.54. The summed E-state index contributed by atoms with van der Waals surface area (Å²) in [6.45, 7) is 2.06. The molecule has 1 saturated heterocycles. The highest BCUT2D eigenvalue weighted by Gasteiger charge is 2.24. The molecular formula is C11H20O. The summed E-state index contributed by atoms with van der Waals surface area (Å²) >= 11 is 0. The smallest absolute Gasteiger partial charge is 0.0468 e. The molecule has 0 bridgehead atoms. The van der Waals surface area contributed by atoms with E-state index in [0.717, 1.165) is 25.0 Å². The number of ether oxygens (including phenoxy) is 1. The average Bonchev–Trinajstić information content (AvgIpc) is 2.21. The fraction of sp³-hybridized carbons (Fsp3) is 1.00. The molecule has 0 unspecified atom stereocenters. The van der Waals surface area contributed by atoms with Gasteiger partial charge >= 0.3 is 0 Å². The zero-order valence-corrected chi connectivity index (χ0v) is 7.93. The van der Waals surface area contributed by atoms with E-state index < -0.39 is 0 Å². The molecule has 0 atom stereocenters. The summed E-state index contributed by atoms with van der Waals surface area (Å²) in [5.74, 6) is 2.07. The average molecular weight is 168 g/mol. The van der Waals surface area contributed by atoms with Gasteiger partial charge in [-0.3, -0.25) is 0 Å². The SMILES string of the molecule is C1CCC(C2CCOCC2)CC1. The van der Waals surface area contributed by atoms with E-state index in [9.17, 15) is 0 Å². The Morgan fingerprint density at radius 2 is 1.25 bits per heavy atom. The molecule has 0 spiro atoms. The Balaban J connectivity index is 1.80. The molecule has 0 amide bonds. The molecular weight excluding hydrogens is 148 g/mol. The van der Waals surface area contributed by atoms with Crippen molar-refractivity contribution in [3.8, 4) is 0 Å². The zero-order valence-electron chi connectivity index (χ0n) is 7.93. The topological polar surface area (TPSA) is 9.23 Å². The second-order valence-electron chi connectivity index (χ2n) is 4.35. The van der Waals surface area contributed by atoms with Gasteiger partial charge in [-0.25, -0.2) is 0 Å². The van der Waals surface area contributed by atoms with Crippen LogP contribution < -0.4 is 0 Å². The first kappa shape index (κ1) is 8.55. The van der Waals surface area contributed by atoms with Crippen molar-refractivity contribution in [3.63, 3.8) is 0 Å². The highest BCUT2D eigenvalue weighted by atomic mass is 16.5. The maximum Gasteiger partial charge on any atom is 0.0468 e. The second kappa shape index (κ2) is 4.27. The Hall–Kier alpha value is -0.0400. The van der Waals surface area contributed by atoms with Crippen LogP contribution in [0.15, 0.2) is 0 Å². The monoisotopic (exact) mass is 168 g/mol. The molecule has 1 aliphatic carbocycles. The maximum atomic E-state index is 5.39. The van der Waals surface area contributed by atoms with Crippen LogP contribution in [0.3, 0.4) is 0 Å². The van der Waals surface area contributed by atoms with Crippen LogP contribution in [0.1, 0.15) is 44.9 Å². The second-order valence-corrected chi connectivity index (χ2v) is 4.35. The van der Waals surface area contributed by atoms with Gasteiger partial charge in [0.25, 0.3) is 0 Å². The molecule has 0 radical (unpaired) electrons. The van der Waals surface area contributed by atoms with Crippen molar-refractivity contribution in [1.82, 2.24) is 0 Å². The van der Waals surface area contributed by atoms with Crippen LogP contribution in [0.4, 0.5) is 0 Å². The number of rotatable bonds is 1. The molecule has 70 valence electrons. The normalized spacial score (nSPS) is 29.0. The van der Waals surface area contributed by atoms with Crippen molar-refractivity contribution in [2.24, 2.45) is 11.8 Å². The maximum absolute atomic E-state index is 5.39. The van der Waals surface area contributed by atoms with Gasteiger partial charge < -0.3 is 4.74 Å². The predicted octanol–water partition coefficient (Wildman–Crippen LogP) is 2.99. The summed E-state index contributed by atoms with van der Waals surface area (Å²) in [6.07, 6.45) is 10.1. The van der Waals surface area contributed by atoms with Gasteiger partial charge in [0.05, 0.1) is 0 Å². The van der Waals surface area contributed by atoms with E-state index in [1.54, 1.807) is 0 Å². The van der Waals surface area contributed by atoms with Gasteiger partial charge in [-0.2, -0.15) is 0 Å². The van der Waals surface area contributed by atoms with E-state index in [2.05, 4.69) is 0 Å². The Labute approximate surface area is 75.5 Å². The fourth-order valence-electron chi connectivity index (χ4n) is 2.79. The summed E-state index contributed by atoms with van der Waals surface area (Å²) in [5.41, 5.74) is 0. The molecule has 0 N–H and O–H groups in total. The summed E-state index contributed by atoms with van der Waals surface area (Å²) in [7, 11) is 0. The van der Waals surface area contributed by atoms with E-state index in [-0.39, 0.29) is 0 Å². The van der Waals surface area contributed by atoms with Gasteiger partial charge in [-0.15, -0.1) is 0 Å². The molecule has 0 aromatic carbocycles. The first-order chi connectivity index (χ1) is 5.97. The molecule has 1 heteroatoms. The highest BCUT2D eigenvalue weighted by molar-refractivity contribution is 4.75. The van der Waals surface area contributed by atoms with Crippen molar-refractivity contribution < 1.29 is 4.74 Å². The molecule has 1 aliphatic heterocycles. The predicted molar refractivity (Wildman–Crippen MR) is 50.1 cm³/mol. The van der Waals surface area contributed by atoms with Crippen LogP contribution >= 0.6 is 0 Å². The van der Waals surface area contributed by atoms with E-state index >= 15 is 0 Å². The zero-order chi connectivity index (χ0) is 8.23. The minimum atomic E-state index is 1.01. The third-order valence-electron chi connectivity index (χ3n) is 3.58. The lowest BCUT2D eigenvalue weighted by molar-refractivity contribution is 0.0391. The Bertz CT molecular complexity index is 105. The van der Waals surface area contributed by atoms with Crippen LogP contribution in [0.5, 0.6) is 0 Å². The molecule has 2 rings (SSSR count). The van der Waals surface area contributed by atoms with Gasteiger partial charge in [0.2, 0.25) is 0 Å². The van der Waals surface area contributed by atoms with E-state index in [1.165, 1.54) is 44.9 Å². The molecule has 0 aromatic rings. The van der Waals surface area contributed by atoms with E-state index in [4.69, 9.17) is 4.74 Å². The molecule has 1 heterocycles. The Morgan fingerprint density at radius 3 is 1.92 bits per heavy atom. The van der Waals surface area contributed by atoms with Crippen LogP contribution in [-0.2, 0) is 4.74 Å². The Kier molecular flexibility index (Phi) is 3.04. The molecule has 1 nitrogen and oxygen atoms in total. The summed E-state index contributed by atoms with van der Waals surface area (Å²) in [5, 5.41) is 0. The number of hydrogen-bond donors (Lipinski definition) is 0. The number of hydrogen-bond acceptors (Lipinski definition) is 1. The van der Waals surface area contributed by atoms with Crippen LogP contribution in [0.25, 0.3) is 0 Å². The summed E-state index contributed by atoms with van der Waals surface area (Å²) in [4.78, 5) is 0. The van der Waals surface area contributed by atoms with E-state index in [0.29, 0.717) is 0 Å². The molecule has 0 aromatic heterocycles. The lowest BCUT2D eigenvalue weighted by Gasteiger charge is -2.32. The molecule has 1 saturated carbocycles. The fourth-order valence-corrected chi connectivity index (χ4v) is 2.79. The third kappa shape index (κ3) is 2.01. The van der Waals surface area contributed by atoms with Crippen molar-refractivity contribution in [1.29, 1.82) is 0 Å². The van der Waals surface area contributed by atoms with E-state index in [1.807, 2.05) is 0 Å². The van der Waals surface area contributed by atoms with Gasteiger partial charge in [0, 0.05) is 13.2 Å². The van der Waals surface area contributed by atoms with Crippen LogP contribution in [0, 0.1) is 11.8 Å². The Morgan fingerprint density at radius 1 is 0.667 bits per heavy atom. The molecule has 2 fully saturated rings. The first-order valence-electron chi connectivity index (χ1n) is 5.54. The minimum absolute atomic E-state index is 1.01. The highest BCUT2D eigenvalue weighted by Crippen LogP contribution is 2.34. The lowest BCUT2D eigenvalue weighted by atomic mass is 9.77.